The number of phosphoric ester groups is 1. The number of aliphatic hydroxyl groups excluding tert-OH is 5. The first-order valence-corrected chi connectivity index (χ1v) is 23.3. The first-order valence-electron chi connectivity index (χ1n) is 21.8. The highest BCUT2D eigenvalue weighted by atomic mass is 31.2. The third-order valence-electron chi connectivity index (χ3n) is 10.0. The highest BCUT2D eigenvalue weighted by Gasteiger charge is 2.31. The fourth-order valence-electron chi connectivity index (χ4n) is 6.46. The van der Waals surface area contributed by atoms with E-state index in [1.165, 1.54) is 116 Å². The predicted molar refractivity (Wildman–Crippen MR) is 217 cm³/mol. The van der Waals surface area contributed by atoms with Gasteiger partial charge in [0, 0.05) is 12.3 Å². The number of phosphoric acid groups is 1. The fourth-order valence-corrected chi connectivity index (χ4v) is 7.36. The van der Waals surface area contributed by atoms with Crippen LogP contribution in [0.1, 0.15) is 187 Å². The molecule has 0 aliphatic carbocycles. The molecule has 55 heavy (non-hydrogen) atoms. The highest BCUT2D eigenvalue weighted by Crippen LogP contribution is 2.44. The molecule has 0 fully saturated rings. The maximum absolute atomic E-state index is 13.2. The van der Waals surface area contributed by atoms with E-state index in [4.69, 9.17) is 14.4 Å². The number of carbonyl (C=O) groups excluding carboxylic acids is 2. The van der Waals surface area contributed by atoms with Gasteiger partial charge in [-0.1, -0.05) is 155 Å². The number of allylic oxidation sites excluding steroid dienone is 2. The van der Waals surface area contributed by atoms with E-state index >= 15 is 0 Å². The van der Waals surface area contributed by atoms with Gasteiger partial charge in [0.1, 0.15) is 31.0 Å². The van der Waals surface area contributed by atoms with Gasteiger partial charge in [-0.3, -0.25) is 18.6 Å². The lowest BCUT2D eigenvalue weighted by Gasteiger charge is -2.23. The normalized spacial score (nSPS) is 15.8. The standard InChI is InChI=1S/C42H81O12P/c1-3-5-7-9-11-13-15-16-17-19-21-23-25-30-38(45)36(28-24-22-20-18-14-12-10-8-6-4-2)29-26-27-31-41(48)52-34-37(32-43)54-55(50,51)53-35-40(47)42(49)39(46)33-44/h25,30,36-37,39-40,42-44,46-47,49H,3-24,26-29,31-35H2,1-2H3,(H,50,51)/t36?,37-,39+,40+,42-/m0/s1. The summed E-state index contributed by atoms with van der Waals surface area (Å²) in [5, 5.41) is 47.2. The van der Waals surface area contributed by atoms with E-state index in [1.54, 1.807) is 6.08 Å². The molecule has 0 aromatic carbocycles. The second-order valence-corrected chi connectivity index (χ2v) is 16.6. The Hall–Kier alpha value is -1.21. The summed E-state index contributed by atoms with van der Waals surface area (Å²) in [6.07, 6.45) is 27.2. The Morgan fingerprint density at radius 3 is 1.58 bits per heavy atom. The SMILES string of the molecule is CCCCCCCCCCCCCC=CC(=O)C(CCCCCCCCCCCC)CCCCC(=O)OC[C@H](CO)OP(=O)(O)OC[C@@H](O)[C@@H](O)[C@H](O)CO. The topological polar surface area (TPSA) is 200 Å². The highest BCUT2D eigenvalue weighted by molar-refractivity contribution is 7.47. The summed E-state index contributed by atoms with van der Waals surface area (Å²) in [6, 6.07) is 0. The molecular formula is C42H81O12P. The number of ether oxygens (including phenoxy) is 1. The number of carbonyl (C=O) groups is 2. The van der Waals surface area contributed by atoms with Crippen molar-refractivity contribution in [2.45, 2.75) is 212 Å². The lowest BCUT2D eigenvalue weighted by molar-refractivity contribution is -0.147. The Bertz CT molecular complexity index is 980. The number of hydrogen-bond donors (Lipinski definition) is 6. The second kappa shape index (κ2) is 37.1. The van der Waals surface area contributed by atoms with Gasteiger partial charge in [-0.2, -0.15) is 0 Å². The zero-order chi connectivity index (χ0) is 41.0. The lowest BCUT2D eigenvalue weighted by Crippen LogP contribution is -2.41. The quantitative estimate of drug-likeness (QED) is 0.0149. The Labute approximate surface area is 333 Å². The first-order chi connectivity index (χ1) is 26.5. The third-order valence-corrected chi connectivity index (χ3v) is 11.1. The average molecular weight is 809 g/mol. The van der Waals surface area contributed by atoms with Gasteiger partial charge in [-0.05, 0) is 38.2 Å². The van der Waals surface area contributed by atoms with E-state index in [9.17, 15) is 39.5 Å². The van der Waals surface area contributed by atoms with Crippen LogP contribution in [0.2, 0.25) is 0 Å². The van der Waals surface area contributed by atoms with E-state index in [2.05, 4.69) is 18.4 Å². The van der Waals surface area contributed by atoms with Crippen molar-refractivity contribution < 1.29 is 58.4 Å². The van der Waals surface area contributed by atoms with Gasteiger partial charge < -0.3 is 35.2 Å². The van der Waals surface area contributed by atoms with Crippen molar-refractivity contribution in [3.05, 3.63) is 12.2 Å². The van der Waals surface area contributed by atoms with Crippen molar-refractivity contribution >= 4 is 19.6 Å². The first kappa shape index (κ1) is 53.8. The van der Waals surface area contributed by atoms with Crippen LogP contribution in [0.4, 0.5) is 0 Å². The van der Waals surface area contributed by atoms with Crippen LogP contribution in [0.25, 0.3) is 0 Å². The zero-order valence-electron chi connectivity index (χ0n) is 34.5. The molecule has 6 N–H and O–H groups in total. The maximum Gasteiger partial charge on any atom is 0.472 e. The molecule has 0 radical (unpaired) electrons. The Morgan fingerprint density at radius 2 is 1.09 bits per heavy atom. The van der Waals surface area contributed by atoms with Gasteiger partial charge in [0.2, 0.25) is 0 Å². The van der Waals surface area contributed by atoms with Crippen LogP contribution in [0.3, 0.4) is 0 Å². The molecule has 326 valence electrons. The summed E-state index contributed by atoms with van der Waals surface area (Å²) in [5.41, 5.74) is 0. The summed E-state index contributed by atoms with van der Waals surface area (Å²) < 4.78 is 26.8. The van der Waals surface area contributed by atoms with Crippen molar-refractivity contribution in [1.82, 2.24) is 0 Å². The van der Waals surface area contributed by atoms with Gasteiger partial charge in [-0.25, -0.2) is 4.57 Å². The lowest BCUT2D eigenvalue weighted by atomic mass is 9.90. The molecule has 0 spiro atoms. The molecule has 0 amide bonds. The minimum atomic E-state index is -4.86. The summed E-state index contributed by atoms with van der Waals surface area (Å²) in [4.78, 5) is 35.5. The van der Waals surface area contributed by atoms with Crippen LogP contribution in [0.15, 0.2) is 12.2 Å². The van der Waals surface area contributed by atoms with Gasteiger partial charge in [0.25, 0.3) is 0 Å². The largest absolute Gasteiger partial charge is 0.472 e. The smallest absolute Gasteiger partial charge is 0.463 e. The number of esters is 1. The summed E-state index contributed by atoms with van der Waals surface area (Å²) in [5.74, 6) is -0.514. The van der Waals surface area contributed by atoms with E-state index < -0.39 is 64.6 Å². The van der Waals surface area contributed by atoms with Crippen molar-refractivity contribution in [3.8, 4) is 0 Å². The number of ketones is 1. The van der Waals surface area contributed by atoms with Crippen LogP contribution in [-0.2, 0) is 27.9 Å². The summed E-state index contributed by atoms with van der Waals surface area (Å²) in [7, 11) is -4.86. The van der Waals surface area contributed by atoms with Crippen molar-refractivity contribution in [2.75, 3.05) is 26.4 Å². The maximum atomic E-state index is 13.2. The molecule has 0 aliphatic rings. The molecule has 0 saturated carbocycles. The molecular weight excluding hydrogens is 727 g/mol. The molecule has 13 heteroatoms. The predicted octanol–water partition coefficient (Wildman–Crippen LogP) is 8.41. The van der Waals surface area contributed by atoms with E-state index in [0.29, 0.717) is 19.3 Å². The minimum absolute atomic E-state index is 0.0660. The van der Waals surface area contributed by atoms with E-state index in [1.807, 2.05) is 6.08 Å². The van der Waals surface area contributed by atoms with Gasteiger partial charge >= 0.3 is 13.8 Å². The zero-order valence-corrected chi connectivity index (χ0v) is 35.4. The van der Waals surface area contributed by atoms with Crippen LogP contribution < -0.4 is 0 Å². The Kier molecular flexibility index (Phi) is 36.3. The molecule has 0 rings (SSSR count). The van der Waals surface area contributed by atoms with E-state index in [-0.39, 0.29) is 18.1 Å². The molecule has 0 bridgehead atoms. The average Bonchev–Trinajstić information content (AvgIpc) is 3.17. The van der Waals surface area contributed by atoms with Crippen LogP contribution in [0.5, 0.6) is 0 Å². The summed E-state index contributed by atoms with van der Waals surface area (Å²) >= 11 is 0. The molecule has 6 atom stereocenters. The Balaban J connectivity index is 4.66. The molecule has 0 aliphatic heterocycles. The molecule has 0 aromatic rings. The monoisotopic (exact) mass is 809 g/mol. The summed E-state index contributed by atoms with van der Waals surface area (Å²) in [6.45, 7) is 1.42. The van der Waals surface area contributed by atoms with Gasteiger partial charge in [-0.15, -0.1) is 0 Å². The second-order valence-electron chi connectivity index (χ2n) is 15.2. The van der Waals surface area contributed by atoms with Crippen LogP contribution >= 0.6 is 7.82 Å². The number of hydrogen-bond acceptors (Lipinski definition) is 11. The molecule has 0 saturated heterocycles. The number of unbranched alkanes of at least 4 members (excludes halogenated alkanes) is 21. The van der Waals surface area contributed by atoms with Gasteiger partial charge in [0.15, 0.2) is 5.78 Å². The number of aliphatic hydroxyl groups is 5. The molecule has 12 nitrogen and oxygen atoms in total. The molecule has 0 aromatic heterocycles. The third kappa shape index (κ3) is 32.4. The molecule has 0 heterocycles. The van der Waals surface area contributed by atoms with E-state index in [0.717, 1.165) is 32.1 Å². The minimum Gasteiger partial charge on any atom is -0.463 e. The van der Waals surface area contributed by atoms with Crippen LogP contribution in [-0.4, -0.2) is 93.0 Å². The Morgan fingerprint density at radius 1 is 0.618 bits per heavy atom. The van der Waals surface area contributed by atoms with Gasteiger partial charge in [0.05, 0.1) is 19.8 Å². The number of rotatable bonds is 41. The van der Waals surface area contributed by atoms with Crippen molar-refractivity contribution in [2.24, 2.45) is 5.92 Å². The molecule has 2 unspecified atom stereocenters. The van der Waals surface area contributed by atoms with Crippen LogP contribution in [0, 0.1) is 5.92 Å². The van der Waals surface area contributed by atoms with Crippen molar-refractivity contribution in [3.63, 3.8) is 0 Å². The fraction of sp³-hybridized carbons (Fsp3) is 0.905. The van der Waals surface area contributed by atoms with Crippen molar-refractivity contribution in [1.29, 1.82) is 0 Å².